The molecule has 1 aliphatic heterocycles. The van der Waals surface area contributed by atoms with Crippen LogP contribution < -0.4 is 10.0 Å². The lowest BCUT2D eigenvalue weighted by Crippen LogP contribution is -3.04. The van der Waals surface area contributed by atoms with Crippen molar-refractivity contribution in [2.45, 2.75) is 59.3 Å². The Bertz CT molecular complexity index is 278. The number of carboxylic acid groups (broad SMARTS) is 1. The minimum atomic E-state index is -1.08. The van der Waals surface area contributed by atoms with E-state index in [1.54, 1.807) is 4.90 Å². The molecule has 1 rings (SSSR count). The van der Waals surface area contributed by atoms with Gasteiger partial charge in [-0.1, -0.05) is 32.6 Å². The van der Waals surface area contributed by atoms with Crippen molar-refractivity contribution in [3.8, 4) is 0 Å². The summed E-state index contributed by atoms with van der Waals surface area (Å²) >= 11 is 0. The largest absolute Gasteiger partial charge is 0.550 e. The van der Waals surface area contributed by atoms with Gasteiger partial charge in [0, 0.05) is 12.9 Å². The molecule has 18 heavy (non-hydrogen) atoms. The Kier molecular flexibility index (Phi) is 10.4. The Labute approximate surface area is 111 Å². The zero-order valence-corrected chi connectivity index (χ0v) is 12.0. The molecule has 0 spiro atoms. The molecule has 0 fully saturated rings. The maximum absolute atomic E-state index is 8.89. The van der Waals surface area contributed by atoms with Crippen molar-refractivity contribution in [2.75, 3.05) is 6.54 Å². The number of carbonyl (C=O) groups is 1. The summed E-state index contributed by atoms with van der Waals surface area (Å²) in [5.74, 6) is -1.08. The Hall–Kier alpha value is -1.09. The maximum Gasteiger partial charge on any atom is 0.109 e. The summed E-state index contributed by atoms with van der Waals surface area (Å²) in [5.41, 5.74) is 1.47. The first-order chi connectivity index (χ1) is 8.57. The zero-order chi connectivity index (χ0) is 13.8. The van der Waals surface area contributed by atoms with Crippen LogP contribution in [0.3, 0.4) is 0 Å². The van der Waals surface area contributed by atoms with E-state index in [-0.39, 0.29) is 0 Å². The third-order valence-corrected chi connectivity index (χ3v) is 2.95. The van der Waals surface area contributed by atoms with Gasteiger partial charge in [-0.05, 0) is 31.9 Å². The van der Waals surface area contributed by atoms with Crippen molar-refractivity contribution in [1.82, 2.24) is 0 Å². The number of unbranched alkanes of at least 4 members (excludes halogenated alkanes) is 5. The second kappa shape index (κ2) is 11.0. The Morgan fingerprint density at radius 3 is 2.28 bits per heavy atom. The molecule has 0 aliphatic carbocycles. The van der Waals surface area contributed by atoms with Gasteiger partial charge in [-0.2, -0.15) is 0 Å². The Morgan fingerprint density at radius 2 is 1.78 bits per heavy atom. The standard InChI is InChI=1S/C13H23N.C2H4O2/c1-3-4-5-6-7-8-11-14-12-9-10-13(14)2;1-2(3)4/h9-10,12H,3-8,11H2,1-2H3;1H3,(H,3,4). The van der Waals surface area contributed by atoms with Gasteiger partial charge < -0.3 is 9.90 Å². The average Bonchev–Trinajstić information content (AvgIpc) is 2.69. The summed E-state index contributed by atoms with van der Waals surface area (Å²) in [6.45, 7) is 6.74. The quantitative estimate of drug-likeness (QED) is 0.697. The second-order valence-electron chi connectivity index (χ2n) is 4.74. The van der Waals surface area contributed by atoms with E-state index in [2.05, 4.69) is 32.2 Å². The molecule has 1 unspecified atom stereocenters. The molecule has 0 aromatic rings. The van der Waals surface area contributed by atoms with Crippen LogP contribution >= 0.6 is 0 Å². The zero-order valence-electron chi connectivity index (χ0n) is 12.0. The molecule has 0 radical (unpaired) electrons. The number of aliphatic carboxylic acids is 1. The van der Waals surface area contributed by atoms with Gasteiger partial charge in [-0.25, -0.2) is 0 Å². The van der Waals surface area contributed by atoms with Gasteiger partial charge in [0.15, 0.2) is 0 Å². The van der Waals surface area contributed by atoms with Crippen LogP contribution in [0.5, 0.6) is 0 Å². The minimum absolute atomic E-state index is 0.972. The lowest BCUT2D eigenvalue weighted by atomic mass is 10.1. The molecule has 1 atom stereocenters. The molecule has 1 aliphatic rings. The predicted molar refractivity (Wildman–Crippen MR) is 72.8 cm³/mol. The number of nitrogens with one attached hydrogen (secondary N) is 1. The molecule has 0 aromatic heterocycles. The number of hydrogen-bond acceptors (Lipinski definition) is 2. The van der Waals surface area contributed by atoms with E-state index in [1.165, 1.54) is 50.8 Å². The number of allylic oxidation sites excluding steroid dienone is 3. The molecule has 0 aromatic carbocycles. The molecular weight excluding hydrogens is 226 g/mol. The third kappa shape index (κ3) is 10.1. The molecule has 0 amide bonds. The first-order valence-electron chi connectivity index (χ1n) is 6.96. The van der Waals surface area contributed by atoms with E-state index in [1.807, 2.05) is 0 Å². The number of carbonyl (C=O) groups excluding carboxylic acids is 1. The van der Waals surface area contributed by atoms with Crippen LogP contribution in [0.2, 0.25) is 0 Å². The highest BCUT2D eigenvalue weighted by Crippen LogP contribution is 2.04. The van der Waals surface area contributed by atoms with Crippen molar-refractivity contribution < 1.29 is 14.8 Å². The van der Waals surface area contributed by atoms with Crippen LogP contribution in [-0.2, 0) is 4.79 Å². The van der Waals surface area contributed by atoms with Crippen molar-refractivity contribution in [2.24, 2.45) is 0 Å². The first-order valence-corrected chi connectivity index (χ1v) is 6.96. The van der Waals surface area contributed by atoms with Crippen molar-refractivity contribution in [1.29, 1.82) is 0 Å². The van der Waals surface area contributed by atoms with Crippen LogP contribution in [0.1, 0.15) is 59.3 Å². The summed E-state index contributed by atoms with van der Waals surface area (Å²) in [5, 5.41) is 8.89. The van der Waals surface area contributed by atoms with Crippen LogP contribution in [0.4, 0.5) is 0 Å². The highest BCUT2D eigenvalue weighted by molar-refractivity contribution is 5.60. The summed E-state index contributed by atoms with van der Waals surface area (Å²) in [4.78, 5) is 10.4. The highest BCUT2D eigenvalue weighted by atomic mass is 16.4. The molecule has 1 heterocycles. The van der Waals surface area contributed by atoms with E-state index in [9.17, 15) is 0 Å². The van der Waals surface area contributed by atoms with Gasteiger partial charge in [0.2, 0.25) is 0 Å². The van der Waals surface area contributed by atoms with Crippen LogP contribution in [-0.4, -0.2) is 12.5 Å². The SMILES string of the molecule is CC(=O)[O-].CCCCCCCC[NH+]1C=CC=C1C. The molecule has 0 saturated heterocycles. The van der Waals surface area contributed by atoms with E-state index in [4.69, 9.17) is 9.90 Å². The molecule has 0 saturated carbocycles. The van der Waals surface area contributed by atoms with Crippen molar-refractivity contribution >= 4 is 5.97 Å². The van der Waals surface area contributed by atoms with E-state index < -0.39 is 5.97 Å². The first kappa shape index (κ1) is 16.9. The van der Waals surface area contributed by atoms with Crippen molar-refractivity contribution in [3.63, 3.8) is 0 Å². The fraction of sp³-hybridized carbons (Fsp3) is 0.667. The number of carboxylic acids is 1. The summed E-state index contributed by atoms with van der Waals surface area (Å²) < 4.78 is 0. The van der Waals surface area contributed by atoms with Gasteiger partial charge in [0.1, 0.15) is 5.70 Å². The fourth-order valence-corrected chi connectivity index (χ4v) is 1.92. The monoisotopic (exact) mass is 253 g/mol. The molecule has 0 bridgehead atoms. The Morgan fingerprint density at radius 1 is 1.22 bits per heavy atom. The average molecular weight is 253 g/mol. The van der Waals surface area contributed by atoms with Gasteiger partial charge in [-0.3, -0.25) is 4.90 Å². The lowest BCUT2D eigenvalue weighted by Gasteiger charge is -2.10. The van der Waals surface area contributed by atoms with Crippen LogP contribution in [0.15, 0.2) is 24.0 Å². The second-order valence-corrected chi connectivity index (χ2v) is 4.74. The normalized spacial score (nSPS) is 17.1. The van der Waals surface area contributed by atoms with E-state index in [0.717, 1.165) is 6.92 Å². The van der Waals surface area contributed by atoms with Crippen molar-refractivity contribution in [3.05, 3.63) is 24.0 Å². The summed E-state index contributed by atoms with van der Waals surface area (Å²) in [6, 6.07) is 0. The number of quaternary nitrogens is 1. The van der Waals surface area contributed by atoms with E-state index >= 15 is 0 Å². The molecule has 1 N–H and O–H groups in total. The highest BCUT2D eigenvalue weighted by Gasteiger charge is 2.10. The molecule has 3 nitrogen and oxygen atoms in total. The topological polar surface area (TPSA) is 44.6 Å². The molecular formula is C15H27NO2. The third-order valence-electron chi connectivity index (χ3n) is 2.95. The lowest BCUT2D eigenvalue weighted by molar-refractivity contribution is -0.802. The summed E-state index contributed by atoms with van der Waals surface area (Å²) in [6.07, 6.45) is 15.0. The summed E-state index contributed by atoms with van der Waals surface area (Å²) in [7, 11) is 0. The minimum Gasteiger partial charge on any atom is -0.550 e. The fourth-order valence-electron chi connectivity index (χ4n) is 1.92. The van der Waals surface area contributed by atoms with Gasteiger partial charge in [0.05, 0.1) is 12.7 Å². The van der Waals surface area contributed by atoms with Crippen LogP contribution in [0.25, 0.3) is 0 Å². The van der Waals surface area contributed by atoms with E-state index in [0.29, 0.717) is 0 Å². The van der Waals surface area contributed by atoms with Gasteiger partial charge in [0.25, 0.3) is 0 Å². The van der Waals surface area contributed by atoms with Gasteiger partial charge >= 0.3 is 0 Å². The smallest absolute Gasteiger partial charge is 0.109 e. The number of rotatable bonds is 7. The Balaban J connectivity index is 0.000000631. The number of hydrogen-bond donors (Lipinski definition) is 1. The molecule has 3 heteroatoms. The predicted octanol–water partition coefficient (Wildman–Crippen LogP) is 1.42. The molecule has 104 valence electrons. The maximum atomic E-state index is 8.89. The van der Waals surface area contributed by atoms with Gasteiger partial charge in [-0.15, -0.1) is 0 Å². The van der Waals surface area contributed by atoms with Crippen LogP contribution in [0, 0.1) is 0 Å².